The topological polar surface area (TPSA) is 54.0 Å². The predicted molar refractivity (Wildman–Crippen MR) is 117 cm³/mol. The number of benzene rings is 4. The van der Waals surface area contributed by atoms with E-state index >= 15 is 0 Å². The summed E-state index contributed by atoms with van der Waals surface area (Å²) in [5.41, 5.74) is 2.40. The number of ether oxygens (including phenoxy) is 4. The lowest BCUT2D eigenvalue weighted by molar-refractivity contribution is 0.0502. The van der Waals surface area contributed by atoms with E-state index in [9.17, 15) is 4.79 Å². The lowest BCUT2D eigenvalue weighted by atomic mass is 9.91. The second-order valence-corrected chi connectivity index (χ2v) is 6.80. The van der Waals surface area contributed by atoms with E-state index in [1.165, 1.54) is 0 Å². The van der Waals surface area contributed by atoms with Gasteiger partial charge in [0, 0.05) is 30.9 Å². The van der Waals surface area contributed by atoms with Gasteiger partial charge in [0.25, 0.3) is 0 Å². The maximum absolute atomic E-state index is 11.3. The third-order valence-electron chi connectivity index (χ3n) is 4.95. The molecule has 30 heavy (non-hydrogen) atoms. The number of aldehydes is 1. The fourth-order valence-corrected chi connectivity index (χ4v) is 3.65. The van der Waals surface area contributed by atoms with Crippen molar-refractivity contribution in [1.82, 2.24) is 0 Å². The molecule has 0 fully saturated rings. The van der Waals surface area contributed by atoms with Gasteiger partial charge in [-0.3, -0.25) is 4.79 Å². The number of fused-ring (bicyclic) bond motifs is 2. The predicted octanol–water partition coefficient (Wildman–Crippen LogP) is 5.44. The molecule has 5 nitrogen and oxygen atoms in total. The second kappa shape index (κ2) is 8.95. The Kier molecular flexibility index (Phi) is 5.93. The molecule has 0 aliphatic rings. The third kappa shape index (κ3) is 3.73. The highest BCUT2D eigenvalue weighted by atomic mass is 16.7. The molecule has 0 aliphatic heterocycles. The second-order valence-electron chi connectivity index (χ2n) is 6.80. The molecule has 0 N–H and O–H groups in total. The molecular formula is C25H22O5. The highest BCUT2D eigenvalue weighted by Crippen LogP contribution is 2.45. The molecule has 0 saturated carbocycles. The monoisotopic (exact) mass is 402 g/mol. The molecule has 0 bridgehead atoms. The number of rotatable bonds is 8. The van der Waals surface area contributed by atoms with Crippen LogP contribution in [0.4, 0.5) is 0 Å². The summed E-state index contributed by atoms with van der Waals surface area (Å²) in [5, 5.41) is 4.00. The van der Waals surface area contributed by atoms with Gasteiger partial charge in [-0.1, -0.05) is 48.5 Å². The Bertz CT molecular complexity index is 1200. The Morgan fingerprint density at radius 1 is 0.700 bits per heavy atom. The summed E-state index contributed by atoms with van der Waals surface area (Å²) < 4.78 is 22.2. The molecule has 0 radical (unpaired) electrons. The summed E-state index contributed by atoms with van der Waals surface area (Å²) in [6.07, 6.45) is 0.847. The van der Waals surface area contributed by atoms with Gasteiger partial charge in [-0.15, -0.1) is 0 Å². The van der Waals surface area contributed by atoms with Gasteiger partial charge in [-0.25, -0.2) is 0 Å². The van der Waals surface area contributed by atoms with Crippen molar-refractivity contribution >= 4 is 27.8 Å². The van der Waals surface area contributed by atoms with E-state index in [1.54, 1.807) is 20.3 Å². The fraction of sp³-hybridized carbons (Fsp3) is 0.160. The van der Waals surface area contributed by atoms with Crippen LogP contribution in [0.2, 0.25) is 0 Å². The highest BCUT2D eigenvalue weighted by molar-refractivity contribution is 6.10. The molecule has 0 amide bonds. The summed E-state index contributed by atoms with van der Waals surface area (Å²) in [6, 6.07) is 21.5. The first kappa shape index (κ1) is 19.9. The van der Waals surface area contributed by atoms with Crippen molar-refractivity contribution in [3.05, 3.63) is 72.3 Å². The van der Waals surface area contributed by atoms with Crippen molar-refractivity contribution in [1.29, 1.82) is 0 Å². The molecular weight excluding hydrogens is 380 g/mol. The van der Waals surface area contributed by atoms with Gasteiger partial charge < -0.3 is 18.9 Å². The zero-order chi connectivity index (χ0) is 20.9. The minimum atomic E-state index is 0.115. The lowest BCUT2D eigenvalue weighted by Gasteiger charge is -2.19. The molecule has 4 aromatic carbocycles. The zero-order valence-corrected chi connectivity index (χ0v) is 16.9. The SMILES string of the molecule is COCOc1ccc2ccccc2c1-c1c(OCOC)ccc2cc(C=O)ccc12. The number of hydrogen-bond donors (Lipinski definition) is 0. The van der Waals surface area contributed by atoms with Gasteiger partial charge in [-0.05, 0) is 39.7 Å². The van der Waals surface area contributed by atoms with E-state index in [1.807, 2.05) is 48.5 Å². The van der Waals surface area contributed by atoms with Crippen LogP contribution in [0, 0.1) is 0 Å². The largest absolute Gasteiger partial charge is 0.467 e. The Morgan fingerprint density at radius 3 is 1.93 bits per heavy atom. The smallest absolute Gasteiger partial charge is 0.188 e. The summed E-state index contributed by atoms with van der Waals surface area (Å²) >= 11 is 0. The number of methoxy groups -OCH3 is 2. The minimum absolute atomic E-state index is 0.115. The highest BCUT2D eigenvalue weighted by Gasteiger charge is 2.19. The van der Waals surface area contributed by atoms with Crippen LogP contribution in [-0.4, -0.2) is 34.1 Å². The maximum atomic E-state index is 11.3. The van der Waals surface area contributed by atoms with Crippen LogP contribution in [0.15, 0.2) is 66.7 Å². The van der Waals surface area contributed by atoms with Gasteiger partial charge in [0.1, 0.15) is 17.8 Å². The number of carbonyl (C=O) groups is 1. The van der Waals surface area contributed by atoms with E-state index < -0.39 is 0 Å². The standard InChI is InChI=1S/C25H22O5/c1-27-15-29-22-11-8-18-5-3-4-6-20(18)24(22)25-21-10-7-17(14-26)13-19(21)9-12-23(25)30-16-28-2/h3-14H,15-16H2,1-2H3. The molecule has 4 rings (SSSR count). The Balaban J connectivity index is 2.08. The van der Waals surface area contributed by atoms with Gasteiger partial charge in [-0.2, -0.15) is 0 Å². The van der Waals surface area contributed by atoms with E-state index in [0.29, 0.717) is 17.1 Å². The van der Waals surface area contributed by atoms with Crippen molar-refractivity contribution in [2.75, 3.05) is 27.8 Å². The summed E-state index contributed by atoms with van der Waals surface area (Å²) in [4.78, 5) is 11.3. The third-order valence-corrected chi connectivity index (χ3v) is 4.95. The van der Waals surface area contributed by atoms with Crippen LogP contribution in [0.5, 0.6) is 11.5 Å². The molecule has 0 aromatic heterocycles. The Hall–Kier alpha value is -3.41. The average Bonchev–Trinajstić information content (AvgIpc) is 2.80. The summed E-state index contributed by atoms with van der Waals surface area (Å²) in [7, 11) is 3.18. The van der Waals surface area contributed by atoms with Crippen LogP contribution >= 0.6 is 0 Å². The van der Waals surface area contributed by atoms with Crippen LogP contribution in [0.1, 0.15) is 10.4 Å². The average molecular weight is 402 g/mol. The molecule has 0 atom stereocenters. The van der Waals surface area contributed by atoms with Crippen molar-refractivity contribution in [3.63, 3.8) is 0 Å². The first-order valence-corrected chi connectivity index (χ1v) is 9.54. The van der Waals surface area contributed by atoms with Gasteiger partial charge in [0.05, 0.1) is 0 Å². The molecule has 0 heterocycles. The molecule has 0 spiro atoms. The van der Waals surface area contributed by atoms with Crippen LogP contribution in [-0.2, 0) is 9.47 Å². The first-order valence-electron chi connectivity index (χ1n) is 9.54. The van der Waals surface area contributed by atoms with E-state index in [4.69, 9.17) is 18.9 Å². The molecule has 0 saturated heterocycles. The quantitative estimate of drug-likeness (QED) is 0.290. The summed E-state index contributed by atoms with van der Waals surface area (Å²) in [6.45, 7) is 0.240. The molecule has 4 aromatic rings. The maximum Gasteiger partial charge on any atom is 0.188 e. The van der Waals surface area contributed by atoms with Crippen molar-refractivity contribution in [3.8, 4) is 22.6 Å². The Labute approximate surface area is 174 Å². The Morgan fingerprint density at radius 2 is 1.30 bits per heavy atom. The van der Waals surface area contributed by atoms with Gasteiger partial charge in [0.15, 0.2) is 13.6 Å². The van der Waals surface area contributed by atoms with Crippen molar-refractivity contribution in [2.24, 2.45) is 0 Å². The minimum Gasteiger partial charge on any atom is -0.467 e. The van der Waals surface area contributed by atoms with Crippen LogP contribution in [0.3, 0.4) is 0 Å². The molecule has 0 aliphatic carbocycles. The van der Waals surface area contributed by atoms with Crippen LogP contribution in [0.25, 0.3) is 32.7 Å². The molecule has 5 heteroatoms. The lowest BCUT2D eigenvalue weighted by Crippen LogP contribution is -2.03. The number of carbonyl (C=O) groups excluding carboxylic acids is 1. The van der Waals surface area contributed by atoms with E-state index in [-0.39, 0.29) is 13.6 Å². The fourth-order valence-electron chi connectivity index (χ4n) is 3.65. The summed E-state index contributed by atoms with van der Waals surface area (Å²) in [5.74, 6) is 1.35. The van der Waals surface area contributed by atoms with Gasteiger partial charge in [0.2, 0.25) is 0 Å². The van der Waals surface area contributed by atoms with E-state index in [2.05, 4.69) is 12.1 Å². The zero-order valence-electron chi connectivity index (χ0n) is 16.9. The first-order chi connectivity index (χ1) is 14.8. The van der Waals surface area contributed by atoms with Crippen molar-refractivity contribution in [2.45, 2.75) is 0 Å². The molecule has 152 valence electrons. The normalized spacial score (nSPS) is 11.0. The van der Waals surface area contributed by atoms with E-state index in [0.717, 1.165) is 39.0 Å². The van der Waals surface area contributed by atoms with Crippen molar-refractivity contribution < 1.29 is 23.7 Å². The number of hydrogen-bond acceptors (Lipinski definition) is 5. The van der Waals surface area contributed by atoms with Crippen LogP contribution < -0.4 is 9.47 Å². The van der Waals surface area contributed by atoms with Gasteiger partial charge >= 0.3 is 0 Å². The molecule has 0 unspecified atom stereocenters.